The van der Waals surface area contributed by atoms with Crippen LogP contribution >= 0.6 is 0 Å². The molecule has 5 nitrogen and oxygen atoms in total. The second-order valence-electron chi connectivity index (χ2n) is 7.93. The third kappa shape index (κ3) is 7.74. The standard InChI is InChI=1S/C26H36N2O3/c1-5-7-17-27-26(30)24(6-2)28(19-22-9-8-10-23(18-22)31-4)25(29)16-15-21-13-11-20(3)12-14-21/h8-14,18,24H,5-7,15-17,19H2,1-4H3,(H,27,30)/t24-/m1/s1. The second-order valence-corrected chi connectivity index (χ2v) is 7.93. The van der Waals surface area contributed by atoms with Gasteiger partial charge in [-0.05, 0) is 49.4 Å². The van der Waals surface area contributed by atoms with Crippen LogP contribution in [-0.2, 0) is 22.6 Å². The zero-order chi connectivity index (χ0) is 22.6. The lowest BCUT2D eigenvalue weighted by Gasteiger charge is -2.31. The molecule has 0 fully saturated rings. The number of aryl methyl sites for hydroxylation is 2. The van der Waals surface area contributed by atoms with Gasteiger partial charge in [0.2, 0.25) is 11.8 Å². The molecule has 2 rings (SSSR count). The summed E-state index contributed by atoms with van der Waals surface area (Å²) in [5.74, 6) is 0.647. The molecule has 0 aromatic heterocycles. The maximum absolute atomic E-state index is 13.3. The molecule has 0 saturated carbocycles. The van der Waals surface area contributed by atoms with Gasteiger partial charge in [0.15, 0.2) is 0 Å². The highest BCUT2D eigenvalue weighted by Gasteiger charge is 2.28. The van der Waals surface area contributed by atoms with Gasteiger partial charge in [0.25, 0.3) is 0 Å². The largest absolute Gasteiger partial charge is 0.497 e. The average molecular weight is 425 g/mol. The highest BCUT2D eigenvalue weighted by Crippen LogP contribution is 2.19. The third-order valence-corrected chi connectivity index (χ3v) is 5.45. The van der Waals surface area contributed by atoms with E-state index in [2.05, 4.69) is 36.5 Å². The van der Waals surface area contributed by atoms with Gasteiger partial charge in [-0.2, -0.15) is 0 Å². The first-order valence-electron chi connectivity index (χ1n) is 11.2. The summed E-state index contributed by atoms with van der Waals surface area (Å²) in [5.41, 5.74) is 3.27. The molecule has 1 N–H and O–H groups in total. The summed E-state index contributed by atoms with van der Waals surface area (Å²) in [6.45, 7) is 7.11. The van der Waals surface area contributed by atoms with Gasteiger partial charge in [0.05, 0.1) is 7.11 Å². The predicted molar refractivity (Wildman–Crippen MR) is 125 cm³/mol. The van der Waals surface area contributed by atoms with Crippen LogP contribution in [0.3, 0.4) is 0 Å². The Hall–Kier alpha value is -2.82. The minimum atomic E-state index is -0.492. The third-order valence-electron chi connectivity index (χ3n) is 5.45. The molecule has 0 aliphatic heterocycles. The van der Waals surface area contributed by atoms with Crippen molar-refractivity contribution in [3.05, 3.63) is 65.2 Å². The molecule has 1 atom stereocenters. The molecule has 31 heavy (non-hydrogen) atoms. The van der Waals surface area contributed by atoms with Gasteiger partial charge in [-0.3, -0.25) is 9.59 Å². The maximum Gasteiger partial charge on any atom is 0.242 e. The van der Waals surface area contributed by atoms with Gasteiger partial charge in [-0.15, -0.1) is 0 Å². The molecule has 0 aliphatic carbocycles. The van der Waals surface area contributed by atoms with Gasteiger partial charge < -0.3 is 15.0 Å². The number of nitrogens with one attached hydrogen (secondary N) is 1. The monoisotopic (exact) mass is 424 g/mol. The van der Waals surface area contributed by atoms with Crippen molar-refractivity contribution >= 4 is 11.8 Å². The maximum atomic E-state index is 13.3. The van der Waals surface area contributed by atoms with Gasteiger partial charge >= 0.3 is 0 Å². The van der Waals surface area contributed by atoms with E-state index in [9.17, 15) is 9.59 Å². The topological polar surface area (TPSA) is 58.6 Å². The number of hydrogen-bond acceptors (Lipinski definition) is 3. The van der Waals surface area contributed by atoms with Gasteiger partial charge in [-0.1, -0.05) is 62.2 Å². The predicted octanol–water partition coefficient (Wildman–Crippen LogP) is 4.66. The Bertz CT molecular complexity index is 833. The van der Waals surface area contributed by atoms with Crippen LogP contribution in [0.5, 0.6) is 5.75 Å². The Labute approximate surface area is 186 Å². The van der Waals surface area contributed by atoms with Crippen molar-refractivity contribution in [1.82, 2.24) is 10.2 Å². The van der Waals surface area contributed by atoms with Gasteiger partial charge in [-0.25, -0.2) is 0 Å². The fourth-order valence-electron chi connectivity index (χ4n) is 3.54. The van der Waals surface area contributed by atoms with E-state index in [0.717, 1.165) is 29.7 Å². The van der Waals surface area contributed by atoms with E-state index < -0.39 is 6.04 Å². The van der Waals surface area contributed by atoms with Crippen molar-refractivity contribution in [2.45, 2.75) is 65.5 Å². The molecular formula is C26H36N2O3. The van der Waals surface area contributed by atoms with Crippen LogP contribution < -0.4 is 10.1 Å². The highest BCUT2D eigenvalue weighted by molar-refractivity contribution is 5.87. The number of hydrogen-bond donors (Lipinski definition) is 1. The number of nitrogens with zero attached hydrogens (tertiary/aromatic N) is 1. The molecule has 0 spiro atoms. The number of benzene rings is 2. The Kier molecular flexibility index (Phi) is 10.1. The number of unbranched alkanes of at least 4 members (excludes halogenated alkanes) is 1. The van der Waals surface area contributed by atoms with E-state index in [1.807, 2.05) is 38.1 Å². The molecule has 0 radical (unpaired) electrons. The summed E-state index contributed by atoms with van der Waals surface area (Å²) >= 11 is 0. The minimum absolute atomic E-state index is 0.0131. The molecule has 0 bridgehead atoms. The number of rotatable bonds is 12. The van der Waals surface area contributed by atoms with E-state index in [0.29, 0.717) is 32.4 Å². The van der Waals surface area contributed by atoms with Crippen LogP contribution in [-0.4, -0.2) is 36.4 Å². The van der Waals surface area contributed by atoms with E-state index in [4.69, 9.17) is 4.74 Å². The number of carbonyl (C=O) groups is 2. The summed E-state index contributed by atoms with van der Waals surface area (Å²) in [6.07, 6.45) is 3.53. The first kappa shape index (κ1) is 24.4. The number of carbonyl (C=O) groups excluding carboxylic acids is 2. The highest BCUT2D eigenvalue weighted by atomic mass is 16.5. The van der Waals surface area contributed by atoms with E-state index in [-0.39, 0.29) is 11.8 Å². The van der Waals surface area contributed by atoms with E-state index >= 15 is 0 Å². The molecule has 2 amide bonds. The molecule has 5 heteroatoms. The Morgan fingerprint density at radius 2 is 1.81 bits per heavy atom. The number of amides is 2. The molecule has 2 aromatic carbocycles. The fourth-order valence-corrected chi connectivity index (χ4v) is 3.54. The minimum Gasteiger partial charge on any atom is -0.497 e. The quantitative estimate of drug-likeness (QED) is 0.504. The summed E-state index contributed by atoms with van der Waals surface area (Å²) in [4.78, 5) is 27.9. The second kappa shape index (κ2) is 12.8. The van der Waals surface area contributed by atoms with Crippen molar-refractivity contribution in [1.29, 1.82) is 0 Å². The molecule has 0 unspecified atom stereocenters. The van der Waals surface area contributed by atoms with Crippen LogP contribution in [0.25, 0.3) is 0 Å². The SMILES string of the molecule is CCCCNC(=O)[C@@H](CC)N(Cc1cccc(OC)c1)C(=O)CCc1ccc(C)cc1. The molecule has 0 aliphatic rings. The van der Waals surface area contributed by atoms with Crippen LogP contribution in [0.2, 0.25) is 0 Å². The smallest absolute Gasteiger partial charge is 0.242 e. The van der Waals surface area contributed by atoms with Gasteiger partial charge in [0.1, 0.15) is 11.8 Å². The lowest BCUT2D eigenvalue weighted by atomic mass is 10.0. The summed E-state index contributed by atoms with van der Waals surface area (Å²) < 4.78 is 5.33. The first-order valence-corrected chi connectivity index (χ1v) is 11.2. The zero-order valence-corrected chi connectivity index (χ0v) is 19.3. The Balaban J connectivity index is 2.18. The normalized spacial score (nSPS) is 11.6. The number of methoxy groups -OCH3 is 1. The van der Waals surface area contributed by atoms with Crippen LogP contribution in [0.4, 0.5) is 0 Å². The summed E-state index contributed by atoms with van der Waals surface area (Å²) in [5, 5.41) is 3.00. The van der Waals surface area contributed by atoms with Crippen molar-refractivity contribution in [3.63, 3.8) is 0 Å². The average Bonchev–Trinajstić information content (AvgIpc) is 2.78. The molecule has 168 valence electrons. The lowest BCUT2D eigenvalue weighted by molar-refractivity contribution is -0.141. The van der Waals surface area contributed by atoms with Crippen molar-refractivity contribution < 1.29 is 14.3 Å². The fraction of sp³-hybridized carbons (Fsp3) is 0.462. The summed E-state index contributed by atoms with van der Waals surface area (Å²) in [6, 6.07) is 15.4. The molecule has 0 heterocycles. The molecular weight excluding hydrogens is 388 g/mol. The van der Waals surface area contributed by atoms with E-state index in [1.54, 1.807) is 12.0 Å². The van der Waals surface area contributed by atoms with Crippen molar-refractivity contribution in [2.75, 3.05) is 13.7 Å². The van der Waals surface area contributed by atoms with Crippen molar-refractivity contribution in [2.24, 2.45) is 0 Å². The van der Waals surface area contributed by atoms with Crippen LogP contribution in [0, 0.1) is 6.92 Å². The summed E-state index contributed by atoms with van der Waals surface area (Å²) in [7, 11) is 1.62. The van der Waals surface area contributed by atoms with Crippen molar-refractivity contribution in [3.8, 4) is 5.75 Å². The van der Waals surface area contributed by atoms with Gasteiger partial charge in [0, 0.05) is 19.5 Å². The number of ether oxygens (including phenoxy) is 1. The van der Waals surface area contributed by atoms with E-state index in [1.165, 1.54) is 5.56 Å². The Morgan fingerprint density at radius 3 is 2.45 bits per heavy atom. The molecule has 2 aromatic rings. The first-order chi connectivity index (χ1) is 15.0. The zero-order valence-electron chi connectivity index (χ0n) is 19.3. The lowest BCUT2D eigenvalue weighted by Crippen LogP contribution is -2.49. The van der Waals surface area contributed by atoms with Crippen LogP contribution in [0.1, 0.15) is 56.2 Å². The Morgan fingerprint density at radius 1 is 1.06 bits per heavy atom. The van der Waals surface area contributed by atoms with Crippen LogP contribution in [0.15, 0.2) is 48.5 Å². The molecule has 0 saturated heterocycles.